The molecule has 0 unspecified atom stereocenters. The topological polar surface area (TPSA) is 60.8 Å². The third kappa shape index (κ3) is 3.68. The van der Waals surface area contributed by atoms with Crippen molar-refractivity contribution in [3.63, 3.8) is 0 Å². The Balaban J connectivity index is 2.12. The van der Waals surface area contributed by atoms with Gasteiger partial charge in [0.1, 0.15) is 5.56 Å². The van der Waals surface area contributed by atoms with Crippen molar-refractivity contribution in [1.29, 1.82) is 0 Å². The molecule has 7 heteroatoms. The Bertz CT molecular complexity index is 538. The Labute approximate surface area is 125 Å². The minimum atomic E-state index is -0.614. The number of nitrogens with zero attached hydrogens (tertiary/aromatic N) is 2. The third-order valence-electron chi connectivity index (χ3n) is 3.22. The SMILES string of the molecule is COC(=O)c1cc(Br)cn(CCN2CCOCC2)c1=O. The Morgan fingerprint density at radius 3 is 2.75 bits per heavy atom. The van der Waals surface area contributed by atoms with Crippen LogP contribution in [-0.2, 0) is 16.0 Å². The van der Waals surface area contributed by atoms with Crippen LogP contribution in [0.2, 0.25) is 0 Å². The fourth-order valence-corrected chi connectivity index (χ4v) is 2.57. The maximum Gasteiger partial charge on any atom is 0.343 e. The number of methoxy groups -OCH3 is 1. The molecule has 1 aliphatic heterocycles. The lowest BCUT2D eigenvalue weighted by molar-refractivity contribution is 0.0362. The van der Waals surface area contributed by atoms with Gasteiger partial charge in [0.2, 0.25) is 0 Å². The molecule has 0 bridgehead atoms. The molecule has 1 aliphatic rings. The fourth-order valence-electron chi connectivity index (χ4n) is 2.10. The maximum absolute atomic E-state index is 12.2. The molecule has 6 nitrogen and oxygen atoms in total. The summed E-state index contributed by atoms with van der Waals surface area (Å²) < 4.78 is 12.1. The number of esters is 1. The van der Waals surface area contributed by atoms with E-state index in [-0.39, 0.29) is 11.1 Å². The minimum Gasteiger partial charge on any atom is -0.465 e. The predicted molar refractivity (Wildman–Crippen MR) is 77.0 cm³/mol. The Kier molecular flexibility index (Phi) is 5.33. The monoisotopic (exact) mass is 344 g/mol. The van der Waals surface area contributed by atoms with Gasteiger partial charge in [-0.25, -0.2) is 4.79 Å². The lowest BCUT2D eigenvalue weighted by Gasteiger charge is -2.26. The van der Waals surface area contributed by atoms with E-state index < -0.39 is 5.97 Å². The molecule has 1 aromatic rings. The number of hydrogen-bond donors (Lipinski definition) is 0. The second-order valence-corrected chi connectivity index (χ2v) is 5.43. The molecular weight excluding hydrogens is 328 g/mol. The number of morpholine rings is 1. The molecule has 0 amide bonds. The van der Waals surface area contributed by atoms with Gasteiger partial charge >= 0.3 is 5.97 Å². The van der Waals surface area contributed by atoms with E-state index in [2.05, 4.69) is 25.6 Å². The molecule has 0 radical (unpaired) electrons. The fraction of sp³-hybridized carbons (Fsp3) is 0.538. The molecule has 1 saturated heterocycles. The number of aromatic nitrogens is 1. The van der Waals surface area contributed by atoms with Crippen LogP contribution >= 0.6 is 15.9 Å². The summed E-state index contributed by atoms with van der Waals surface area (Å²) in [5.41, 5.74) is -0.280. The second kappa shape index (κ2) is 7.01. The molecule has 0 atom stereocenters. The standard InChI is InChI=1S/C13H17BrN2O4/c1-19-13(18)11-8-10(14)9-16(12(11)17)3-2-15-4-6-20-7-5-15/h8-9H,2-7H2,1H3. The largest absolute Gasteiger partial charge is 0.465 e. The van der Waals surface area contributed by atoms with Crippen LogP contribution < -0.4 is 5.56 Å². The minimum absolute atomic E-state index is 0.0452. The van der Waals surface area contributed by atoms with Crippen LogP contribution in [0.5, 0.6) is 0 Å². The predicted octanol–water partition coefficient (Wildman–Crippen LogP) is 0.730. The molecule has 2 heterocycles. The lowest BCUT2D eigenvalue weighted by Crippen LogP contribution is -2.39. The summed E-state index contributed by atoms with van der Waals surface area (Å²) in [4.78, 5) is 26.0. The van der Waals surface area contributed by atoms with E-state index in [1.165, 1.54) is 17.7 Å². The van der Waals surface area contributed by atoms with Crippen LogP contribution in [0.25, 0.3) is 0 Å². The summed E-state index contributed by atoms with van der Waals surface area (Å²) in [5.74, 6) is -0.614. The van der Waals surface area contributed by atoms with Crippen molar-refractivity contribution in [2.24, 2.45) is 0 Å². The number of rotatable bonds is 4. The van der Waals surface area contributed by atoms with E-state index in [4.69, 9.17) is 4.74 Å². The van der Waals surface area contributed by atoms with Crippen molar-refractivity contribution in [1.82, 2.24) is 9.47 Å². The average molecular weight is 345 g/mol. The van der Waals surface area contributed by atoms with E-state index in [1.807, 2.05) is 0 Å². The first kappa shape index (κ1) is 15.2. The number of pyridine rings is 1. The van der Waals surface area contributed by atoms with E-state index >= 15 is 0 Å². The summed E-state index contributed by atoms with van der Waals surface area (Å²) in [6.45, 7) is 4.46. The van der Waals surface area contributed by atoms with Crippen LogP contribution in [0.4, 0.5) is 0 Å². The molecule has 0 N–H and O–H groups in total. The van der Waals surface area contributed by atoms with Gasteiger partial charge < -0.3 is 14.0 Å². The van der Waals surface area contributed by atoms with E-state index in [0.717, 1.165) is 32.8 Å². The van der Waals surface area contributed by atoms with Crippen molar-refractivity contribution >= 4 is 21.9 Å². The molecular formula is C13H17BrN2O4. The first-order valence-corrected chi connectivity index (χ1v) is 7.19. The van der Waals surface area contributed by atoms with Crippen molar-refractivity contribution < 1.29 is 14.3 Å². The van der Waals surface area contributed by atoms with Gasteiger partial charge in [-0.1, -0.05) is 0 Å². The number of carbonyl (C=O) groups is 1. The molecule has 0 aliphatic carbocycles. The quantitative estimate of drug-likeness (QED) is 0.753. The Morgan fingerprint density at radius 2 is 2.10 bits per heavy atom. The average Bonchev–Trinajstić information content (AvgIpc) is 2.48. The summed E-state index contributed by atoms with van der Waals surface area (Å²) in [5, 5.41) is 0. The van der Waals surface area contributed by atoms with Crippen LogP contribution in [0.3, 0.4) is 0 Å². The van der Waals surface area contributed by atoms with E-state index in [1.54, 1.807) is 6.20 Å². The van der Waals surface area contributed by atoms with Gasteiger partial charge in [-0.05, 0) is 22.0 Å². The zero-order valence-corrected chi connectivity index (χ0v) is 12.9. The molecule has 0 spiro atoms. The zero-order chi connectivity index (χ0) is 14.5. The molecule has 0 aromatic carbocycles. The van der Waals surface area contributed by atoms with Gasteiger partial charge in [0, 0.05) is 36.8 Å². The van der Waals surface area contributed by atoms with Crippen molar-refractivity contribution in [3.05, 3.63) is 32.7 Å². The smallest absolute Gasteiger partial charge is 0.343 e. The van der Waals surface area contributed by atoms with Gasteiger partial charge in [0.15, 0.2) is 0 Å². The van der Waals surface area contributed by atoms with Gasteiger partial charge in [-0.2, -0.15) is 0 Å². The number of ether oxygens (including phenoxy) is 2. The van der Waals surface area contributed by atoms with E-state index in [9.17, 15) is 9.59 Å². The van der Waals surface area contributed by atoms with Gasteiger partial charge in [0.05, 0.1) is 20.3 Å². The third-order valence-corrected chi connectivity index (χ3v) is 3.65. The van der Waals surface area contributed by atoms with Gasteiger partial charge in [-0.3, -0.25) is 9.69 Å². The van der Waals surface area contributed by atoms with Crippen LogP contribution in [0, 0.1) is 0 Å². The Morgan fingerprint density at radius 1 is 1.40 bits per heavy atom. The van der Waals surface area contributed by atoms with Gasteiger partial charge in [0.25, 0.3) is 5.56 Å². The highest BCUT2D eigenvalue weighted by Crippen LogP contribution is 2.10. The Hall–Kier alpha value is -1.18. The maximum atomic E-state index is 12.2. The highest BCUT2D eigenvalue weighted by Gasteiger charge is 2.15. The second-order valence-electron chi connectivity index (χ2n) is 4.52. The first-order valence-electron chi connectivity index (χ1n) is 6.40. The number of halogens is 1. The molecule has 110 valence electrons. The molecule has 1 aromatic heterocycles. The first-order chi connectivity index (χ1) is 9.61. The van der Waals surface area contributed by atoms with E-state index in [0.29, 0.717) is 11.0 Å². The summed E-state index contributed by atoms with van der Waals surface area (Å²) >= 11 is 3.31. The molecule has 0 saturated carbocycles. The van der Waals surface area contributed by atoms with Crippen molar-refractivity contribution in [3.8, 4) is 0 Å². The summed E-state index contributed by atoms with van der Waals surface area (Å²) in [6, 6.07) is 1.49. The van der Waals surface area contributed by atoms with Crippen LogP contribution in [0.1, 0.15) is 10.4 Å². The molecule has 1 fully saturated rings. The van der Waals surface area contributed by atoms with Gasteiger partial charge in [-0.15, -0.1) is 0 Å². The normalized spacial score (nSPS) is 16.1. The van der Waals surface area contributed by atoms with Crippen molar-refractivity contribution in [2.75, 3.05) is 40.0 Å². The lowest BCUT2D eigenvalue weighted by atomic mass is 10.3. The summed E-state index contributed by atoms with van der Waals surface area (Å²) in [6.07, 6.45) is 1.69. The number of carbonyl (C=O) groups excluding carboxylic acids is 1. The van der Waals surface area contributed by atoms with Crippen LogP contribution in [0.15, 0.2) is 21.5 Å². The molecule has 2 rings (SSSR count). The highest BCUT2D eigenvalue weighted by molar-refractivity contribution is 9.10. The summed E-state index contributed by atoms with van der Waals surface area (Å²) in [7, 11) is 1.26. The highest BCUT2D eigenvalue weighted by atomic mass is 79.9. The number of hydrogen-bond acceptors (Lipinski definition) is 5. The zero-order valence-electron chi connectivity index (χ0n) is 11.3. The molecule has 20 heavy (non-hydrogen) atoms. The van der Waals surface area contributed by atoms with Crippen LogP contribution in [-0.4, -0.2) is 55.4 Å². The van der Waals surface area contributed by atoms with Crippen molar-refractivity contribution in [2.45, 2.75) is 6.54 Å².